The lowest BCUT2D eigenvalue weighted by molar-refractivity contribution is 0.760. The van der Waals surface area contributed by atoms with Gasteiger partial charge in [-0.25, -0.2) is 0 Å². The summed E-state index contributed by atoms with van der Waals surface area (Å²) >= 11 is 0. The smallest absolute Gasteiger partial charge is 0.00978 e. The maximum atomic E-state index is 3.29. The highest BCUT2D eigenvalue weighted by molar-refractivity contribution is 5.05. The largest absolute Gasteiger partial charge is 0.0845 e. The average molecular weight is 187 g/mol. The normalized spacial score (nSPS) is 19.4. The van der Waals surface area contributed by atoms with Gasteiger partial charge in [0.15, 0.2) is 0 Å². The zero-order chi connectivity index (χ0) is 9.90. The molecule has 0 aromatic heterocycles. The molecule has 75 valence electrons. The van der Waals surface area contributed by atoms with Crippen LogP contribution in [-0.4, -0.2) is 0 Å². The minimum Gasteiger partial charge on any atom is -0.0845 e. The van der Waals surface area contributed by atoms with Crippen LogP contribution in [0.5, 0.6) is 0 Å². The Morgan fingerprint density at radius 1 is 0.786 bits per heavy atom. The van der Waals surface area contributed by atoms with Gasteiger partial charge in [0.05, 0.1) is 0 Å². The van der Waals surface area contributed by atoms with Crippen molar-refractivity contribution in [3.05, 3.63) is 48.6 Å². The lowest BCUT2D eigenvalue weighted by Gasteiger charge is -1.92. The summed E-state index contributed by atoms with van der Waals surface area (Å²) < 4.78 is 0. The molecule has 0 nitrogen and oxygen atoms in total. The summed E-state index contributed by atoms with van der Waals surface area (Å²) in [6.45, 7) is 0. The molecule has 0 fully saturated rings. The van der Waals surface area contributed by atoms with Gasteiger partial charge in [-0.15, -0.1) is 0 Å². The molecule has 0 heterocycles. The van der Waals surface area contributed by atoms with Crippen LogP contribution in [-0.2, 0) is 0 Å². The first-order chi connectivity index (χ1) is 7.00. The molecule has 1 radical (unpaired) electrons. The Labute approximate surface area is 87.7 Å². The predicted octanol–water partition coefficient (Wildman–Crippen LogP) is 4.37. The average Bonchev–Trinajstić information content (AvgIpc) is 2.22. The molecule has 0 saturated heterocycles. The Morgan fingerprint density at radius 3 is 2.64 bits per heavy atom. The van der Waals surface area contributed by atoms with Crippen LogP contribution in [0.4, 0.5) is 0 Å². The minimum atomic E-state index is 0.962. The van der Waals surface area contributed by atoms with Crippen LogP contribution in [0, 0.1) is 6.08 Å². The van der Waals surface area contributed by atoms with E-state index in [-0.39, 0.29) is 0 Å². The Hall–Kier alpha value is -1.04. The minimum absolute atomic E-state index is 0.962. The van der Waals surface area contributed by atoms with E-state index < -0.39 is 0 Å². The first-order valence-electron chi connectivity index (χ1n) is 5.52. The number of hydrogen-bond acceptors (Lipinski definition) is 0. The molecule has 0 aliphatic heterocycles. The molecule has 0 N–H and O–H groups in total. The molecule has 0 aromatic carbocycles. The Bertz CT molecular complexity index is 228. The van der Waals surface area contributed by atoms with Crippen LogP contribution < -0.4 is 0 Å². The van der Waals surface area contributed by atoms with Crippen molar-refractivity contribution in [3.63, 3.8) is 0 Å². The van der Waals surface area contributed by atoms with Gasteiger partial charge in [0.25, 0.3) is 0 Å². The van der Waals surface area contributed by atoms with Gasteiger partial charge in [-0.2, -0.15) is 0 Å². The molecule has 1 aliphatic carbocycles. The maximum absolute atomic E-state index is 3.29. The quantitative estimate of drug-likeness (QED) is 0.494. The third kappa shape index (κ3) is 6.47. The first kappa shape index (κ1) is 11.0. The van der Waals surface area contributed by atoms with Gasteiger partial charge >= 0.3 is 0 Å². The summed E-state index contributed by atoms with van der Waals surface area (Å²) in [5.74, 6) is 0. The van der Waals surface area contributed by atoms with E-state index in [0.717, 1.165) is 12.8 Å². The van der Waals surface area contributed by atoms with Crippen molar-refractivity contribution in [3.8, 4) is 0 Å². The van der Waals surface area contributed by atoms with E-state index in [9.17, 15) is 0 Å². The van der Waals surface area contributed by atoms with Crippen molar-refractivity contribution in [2.75, 3.05) is 0 Å². The van der Waals surface area contributed by atoms with Crippen LogP contribution >= 0.6 is 0 Å². The molecule has 0 spiro atoms. The second kappa shape index (κ2) is 8.55. The molecule has 1 aliphatic rings. The Morgan fingerprint density at radius 2 is 1.64 bits per heavy atom. The second-order valence-electron chi connectivity index (χ2n) is 3.46. The third-order valence-electron chi connectivity index (χ3n) is 2.17. The van der Waals surface area contributed by atoms with Crippen LogP contribution in [0.15, 0.2) is 42.5 Å². The molecular weight excluding hydrogens is 168 g/mol. The van der Waals surface area contributed by atoms with Crippen LogP contribution in [0.3, 0.4) is 0 Å². The Kier molecular flexibility index (Phi) is 6.74. The van der Waals surface area contributed by atoms with Crippen molar-refractivity contribution in [2.45, 2.75) is 38.5 Å². The van der Waals surface area contributed by atoms with Crippen LogP contribution in [0.1, 0.15) is 38.5 Å². The zero-order valence-electron chi connectivity index (χ0n) is 8.78. The molecule has 0 aromatic rings. The molecule has 1 rings (SSSR count). The Balaban J connectivity index is 2.35. The number of hydrogen-bond donors (Lipinski definition) is 0. The molecule has 0 bridgehead atoms. The summed E-state index contributed by atoms with van der Waals surface area (Å²) in [4.78, 5) is 0. The monoisotopic (exact) mass is 187 g/mol. The molecule has 0 heteroatoms. The standard InChI is InChI=1S/C14H19/c1-2-4-6-8-10-12-14-13-11-9-7-5-3-1/h1-4,7,9,14H,5-6,8,10-12H2. The lowest BCUT2D eigenvalue weighted by atomic mass is 10.1. The SMILES string of the molecule is [C]1=CCCCCC=CC=CCC=CC1. The predicted molar refractivity (Wildman–Crippen MR) is 62.9 cm³/mol. The van der Waals surface area contributed by atoms with Crippen molar-refractivity contribution in [2.24, 2.45) is 0 Å². The highest BCUT2D eigenvalue weighted by Gasteiger charge is 1.83. The summed E-state index contributed by atoms with van der Waals surface area (Å²) in [5, 5.41) is 0. The van der Waals surface area contributed by atoms with Gasteiger partial charge in [0.2, 0.25) is 0 Å². The molecule has 0 unspecified atom stereocenters. The fraction of sp³-hybridized carbons (Fsp3) is 0.429. The second-order valence-corrected chi connectivity index (χ2v) is 3.46. The van der Waals surface area contributed by atoms with Gasteiger partial charge < -0.3 is 0 Å². The van der Waals surface area contributed by atoms with Gasteiger partial charge in [0.1, 0.15) is 0 Å². The fourth-order valence-corrected chi connectivity index (χ4v) is 1.35. The van der Waals surface area contributed by atoms with E-state index >= 15 is 0 Å². The summed E-state index contributed by atoms with van der Waals surface area (Å²) in [7, 11) is 0. The van der Waals surface area contributed by atoms with Crippen molar-refractivity contribution >= 4 is 0 Å². The molecule has 0 amide bonds. The van der Waals surface area contributed by atoms with E-state index in [0.29, 0.717) is 0 Å². The van der Waals surface area contributed by atoms with Crippen molar-refractivity contribution in [1.82, 2.24) is 0 Å². The van der Waals surface area contributed by atoms with E-state index in [4.69, 9.17) is 0 Å². The molecule has 14 heavy (non-hydrogen) atoms. The van der Waals surface area contributed by atoms with Gasteiger partial charge in [-0.3, -0.25) is 0 Å². The fourth-order valence-electron chi connectivity index (χ4n) is 1.35. The molecule has 0 atom stereocenters. The van der Waals surface area contributed by atoms with E-state index in [1.165, 1.54) is 25.7 Å². The zero-order valence-corrected chi connectivity index (χ0v) is 8.78. The highest BCUT2D eigenvalue weighted by Crippen LogP contribution is 2.03. The lowest BCUT2D eigenvalue weighted by Crippen LogP contribution is -1.73. The van der Waals surface area contributed by atoms with Gasteiger partial charge in [0, 0.05) is 0 Å². The van der Waals surface area contributed by atoms with E-state index in [1.807, 2.05) is 0 Å². The summed E-state index contributed by atoms with van der Waals surface area (Å²) in [5.41, 5.74) is 0. The summed E-state index contributed by atoms with van der Waals surface area (Å²) in [6, 6.07) is 0. The molecular formula is C14H19. The van der Waals surface area contributed by atoms with Crippen molar-refractivity contribution in [1.29, 1.82) is 0 Å². The van der Waals surface area contributed by atoms with Crippen LogP contribution in [0.2, 0.25) is 0 Å². The highest BCUT2D eigenvalue weighted by atomic mass is 13.9. The van der Waals surface area contributed by atoms with Gasteiger partial charge in [-0.1, -0.05) is 42.5 Å². The third-order valence-corrected chi connectivity index (χ3v) is 2.17. The topological polar surface area (TPSA) is 0 Å². The van der Waals surface area contributed by atoms with Crippen molar-refractivity contribution < 1.29 is 0 Å². The van der Waals surface area contributed by atoms with Gasteiger partial charge in [-0.05, 0) is 44.6 Å². The first-order valence-corrected chi connectivity index (χ1v) is 5.52. The maximum Gasteiger partial charge on any atom is -0.00978 e. The number of allylic oxidation sites excluding steroid dienone is 8. The summed E-state index contributed by atoms with van der Waals surface area (Å²) in [6.07, 6.45) is 25.5. The van der Waals surface area contributed by atoms with E-state index in [2.05, 4.69) is 48.6 Å². The van der Waals surface area contributed by atoms with Crippen LogP contribution in [0.25, 0.3) is 0 Å². The molecule has 0 saturated carbocycles. The van der Waals surface area contributed by atoms with E-state index in [1.54, 1.807) is 0 Å². The number of rotatable bonds is 0.